The molecule has 33 heavy (non-hydrogen) atoms. The van der Waals surface area contributed by atoms with Crippen LogP contribution in [-0.4, -0.2) is 43.6 Å². The van der Waals surface area contributed by atoms with E-state index in [1.807, 2.05) is 18.9 Å². The molecule has 1 amide bonds. The summed E-state index contributed by atoms with van der Waals surface area (Å²) in [5, 5.41) is 4.28. The van der Waals surface area contributed by atoms with Crippen molar-refractivity contribution in [3.05, 3.63) is 70.4 Å². The number of likely N-dealkylation sites (tertiary alicyclic amines) is 1. The number of hydrogen-bond donors (Lipinski definition) is 0. The largest absolute Gasteiger partial charge is 0.352 e. The number of fused-ring (bicyclic) bond motifs is 1. The van der Waals surface area contributed by atoms with Gasteiger partial charge in [0, 0.05) is 43.6 Å². The number of anilines is 1. The number of amides is 1. The Morgan fingerprint density at radius 1 is 1.06 bits per heavy atom. The van der Waals surface area contributed by atoms with Gasteiger partial charge in [0.15, 0.2) is 5.82 Å². The number of rotatable bonds is 4. The number of carbonyl (C=O) groups is 1. The van der Waals surface area contributed by atoms with Crippen molar-refractivity contribution in [2.24, 2.45) is 7.05 Å². The third-order valence-corrected chi connectivity index (χ3v) is 7.11. The topological polar surface area (TPSA) is 67.2 Å². The maximum absolute atomic E-state index is 13.5. The fourth-order valence-electron chi connectivity index (χ4n) is 5.12. The van der Waals surface area contributed by atoms with E-state index in [-0.39, 0.29) is 11.9 Å². The first-order valence-corrected chi connectivity index (χ1v) is 12.0. The van der Waals surface area contributed by atoms with Crippen molar-refractivity contribution in [2.75, 3.05) is 18.0 Å². The molecule has 7 nitrogen and oxygen atoms in total. The minimum absolute atomic E-state index is 0.0328. The van der Waals surface area contributed by atoms with Gasteiger partial charge in [-0.1, -0.05) is 30.3 Å². The molecule has 2 aliphatic heterocycles. The van der Waals surface area contributed by atoms with E-state index in [1.165, 1.54) is 11.1 Å². The van der Waals surface area contributed by atoms with Crippen LogP contribution in [0.25, 0.3) is 0 Å². The van der Waals surface area contributed by atoms with Crippen LogP contribution in [-0.2, 0) is 20.0 Å². The van der Waals surface area contributed by atoms with Crippen LogP contribution in [0.15, 0.2) is 36.5 Å². The molecule has 1 aromatic carbocycles. The van der Waals surface area contributed by atoms with Crippen LogP contribution in [0.1, 0.15) is 70.4 Å². The van der Waals surface area contributed by atoms with Crippen molar-refractivity contribution in [1.82, 2.24) is 24.6 Å². The molecule has 3 aromatic rings. The smallest absolute Gasteiger partial charge is 0.257 e. The third kappa shape index (κ3) is 4.12. The van der Waals surface area contributed by atoms with Gasteiger partial charge in [-0.3, -0.25) is 9.48 Å². The zero-order valence-electron chi connectivity index (χ0n) is 19.8. The molecule has 2 aromatic heterocycles. The molecule has 0 aliphatic carbocycles. The summed E-state index contributed by atoms with van der Waals surface area (Å²) >= 11 is 0. The molecule has 0 N–H and O–H groups in total. The number of nitrogens with zero attached hydrogens (tertiary/aromatic N) is 6. The lowest BCUT2D eigenvalue weighted by atomic mass is 9.98. The van der Waals surface area contributed by atoms with Crippen molar-refractivity contribution in [2.45, 2.75) is 58.5 Å². The second-order valence-electron chi connectivity index (χ2n) is 9.26. The van der Waals surface area contributed by atoms with Crippen LogP contribution in [0.5, 0.6) is 0 Å². The zero-order valence-corrected chi connectivity index (χ0v) is 19.8. The average molecular weight is 445 g/mol. The first-order chi connectivity index (χ1) is 16.0. The van der Waals surface area contributed by atoms with Gasteiger partial charge >= 0.3 is 0 Å². The summed E-state index contributed by atoms with van der Waals surface area (Å²) in [5.41, 5.74) is 5.14. The minimum atomic E-state index is -0.102. The predicted octanol–water partition coefficient (Wildman–Crippen LogP) is 4.15. The molecule has 1 atom stereocenters. The number of benzene rings is 1. The summed E-state index contributed by atoms with van der Waals surface area (Å²) in [4.78, 5) is 27.9. The van der Waals surface area contributed by atoms with Crippen molar-refractivity contribution in [1.29, 1.82) is 0 Å². The molecule has 0 radical (unpaired) electrons. The van der Waals surface area contributed by atoms with Gasteiger partial charge in [-0.2, -0.15) is 5.10 Å². The number of aromatic nitrogens is 4. The molecular formula is C26H32N6O. The Hall–Kier alpha value is -3.22. The van der Waals surface area contributed by atoms with E-state index in [0.717, 1.165) is 74.8 Å². The predicted molar refractivity (Wildman–Crippen MR) is 128 cm³/mol. The average Bonchev–Trinajstić information content (AvgIpc) is 3.18. The molecule has 0 saturated carbocycles. The first-order valence-electron chi connectivity index (χ1n) is 12.0. The van der Waals surface area contributed by atoms with E-state index >= 15 is 0 Å². The van der Waals surface area contributed by atoms with Crippen molar-refractivity contribution in [3.8, 4) is 0 Å². The van der Waals surface area contributed by atoms with Crippen LogP contribution in [0.4, 0.5) is 5.82 Å². The quantitative estimate of drug-likeness (QED) is 0.605. The standard InChI is InChI=1S/C26H32N6O/c1-18-21-12-9-14-31(17-20-10-5-4-6-11-20)25(21)29-24(28-18)23-13-7-8-15-32(23)26(33)22-16-27-30(3)19(22)2/h4-6,10-11,16,23H,7-9,12-15,17H2,1-3H3. The van der Waals surface area contributed by atoms with Crippen LogP contribution in [0.3, 0.4) is 0 Å². The van der Waals surface area contributed by atoms with Crippen molar-refractivity contribution in [3.63, 3.8) is 0 Å². The normalized spacial score (nSPS) is 18.3. The number of piperidine rings is 1. The van der Waals surface area contributed by atoms with Gasteiger partial charge in [0.05, 0.1) is 17.8 Å². The monoisotopic (exact) mass is 444 g/mol. The van der Waals surface area contributed by atoms with E-state index in [9.17, 15) is 4.79 Å². The highest BCUT2D eigenvalue weighted by Crippen LogP contribution is 2.35. The highest BCUT2D eigenvalue weighted by Gasteiger charge is 2.33. The molecule has 4 heterocycles. The summed E-state index contributed by atoms with van der Waals surface area (Å²) < 4.78 is 1.76. The van der Waals surface area contributed by atoms with E-state index in [0.29, 0.717) is 5.56 Å². The second-order valence-corrected chi connectivity index (χ2v) is 9.26. The maximum atomic E-state index is 13.5. The van der Waals surface area contributed by atoms with Gasteiger partial charge in [0.25, 0.3) is 5.91 Å². The van der Waals surface area contributed by atoms with Crippen LogP contribution >= 0.6 is 0 Å². The molecule has 1 saturated heterocycles. The number of carbonyl (C=O) groups excluding carboxylic acids is 1. The molecule has 2 aliphatic rings. The Bertz CT molecular complexity index is 1160. The summed E-state index contributed by atoms with van der Waals surface area (Å²) in [5.74, 6) is 1.86. The Kier molecular flexibility index (Phi) is 5.87. The summed E-state index contributed by atoms with van der Waals surface area (Å²) in [7, 11) is 1.87. The minimum Gasteiger partial charge on any atom is -0.352 e. The summed E-state index contributed by atoms with van der Waals surface area (Å²) in [6, 6.07) is 10.5. The molecule has 0 spiro atoms. The van der Waals surface area contributed by atoms with Gasteiger partial charge in [-0.25, -0.2) is 9.97 Å². The highest BCUT2D eigenvalue weighted by atomic mass is 16.2. The number of hydrogen-bond acceptors (Lipinski definition) is 5. The van der Waals surface area contributed by atoms with E-state index in [2.05, 4.69) is 47.3 Å². The molecule has 1 fully saturated rings. The fraction of sp³-hybridized carbons (Fsp3) is 0.462. The van der Waals surface area contributed by atoms with Gasteiger partial charge in [-0.15, -0.1) is 0 Å². The van der Waals surface area contributed by atoms with Gasteiger partial charge in [0.2, 0.25) is 0 Å². The molecule has 7 heteroatoms. The molecule has 5 rings (SSSR count). The third-order valence-electron chi connectivity index (χ3n) is 7.11. The Morgan fingerprint density at radius 3 is 2.64 bits per heavy atom. The number of aryl methyl sites for hydroxylation is 2. The highest BCUT2D eigenvalue weighted by molar-refractivity contribution is 5.95. The lowest BCUT2D eigenvalue weighted by molar-refractivity contribution is 0.0598. The first kappa shape index (κ1) is 21.6. The Labute approximate surface area is 195 Å². The zero-order chi connectivity index (χ0) is 22.9. The lowest BCUT2D eigenvalue weighted by Gasteiger charge is -2.36. The van der Waals surface area contributed by atoms with Crippen molar-refractivity contribution < 1.29 is 4.79 Å². The van der Waals surface area contributed by atoms with E-state index in [1.54, 1.807) is 10.9 Å². The SMILES string of the molecule is Cc1nc(C2CCCCN2C(=O)c2cnn(C)c2C)nc2c1CCCN2Cc1ccccc1. The maximum Gasteiger partial charge on any atom is 0.257 e. The summed E-state index contributed by atoms with van der Waals surface area (Å²) in [6.45, 7) is 6.59. The fourth-order valence-corrected chi connectivity index (χ4v) is 5.12. The van der Waals surface area contributed by atoms with E-state index < -0.39 is 0 Å². The van der Waals surface area contributed by atoms with Gasteiger partial charge < -0.3 is 9.80 Å². The van der Waals surface area contributed by atoms with E-state index in [4.69, 9.17) is 9.97 Å². The molecule has 172 valence electrons. The van der Waals surface area contributed by atoms with Crippen molar-refractivity contribution >= 4 is 11.7 Å². The second kappa shape index (κ2) is 8.96. The Balaban J connectivity index is 1.49. The molecule has 1 unspecified atom stereocenters. The Morgan fingerprint density at radius 2 is 1.88 bits per heavy atom. The van der Waals surface area contributed by atoms with Crippen LogP contribution in [0.2, 0.25) is 0 Å². The van der Waals surface area contributed by atoms with Gasteiger partial charge in [-0.05, 0) is 51.5 Å². The van der Waals surface area contributed by atoms with Crippen LogP contribution < -0.4 is 4.90 Å². The van der Waals surface area contributed by atoms with Gasteiger partial charge in [0.1, 0.15) is 5.82 Å². The molecular weight excluding hydrogens is 412 g/mol. The summed E-state index contributed by atoms with van der Waals surface area (Å²) in [6.07, 6.45) is 6.78. The van der Waals surface area contributed by atoms with Crippen LogP contribution in [0, 0.1) is 13.8 Å². The molecule has 0 bridgehead atoms. The lowest BCUT2D eigenvalue weighted by Crippen LogP contribution is -2.40.